The van der Waals surface area contributed by atoms with Gasteiger partial charge in [-0.05, 0) is 45.4 Å². The Morgan fingerprint density at radius 2 is 2.00 bits per heavy atom. The van der Waals surface area contributed by atoms with Crippen LogP contribution in [0.4, 0.5) is 0 Å². The Bertz CT molecular complexity index is 195. The Morgan fingerprint density at radius 3 is 2.57 bits per heavy atom. The second-order valence-electron chi connectivity index (χ2n) is 5.00. The summed E-state index contributed by atoms with van der Waals surface area (Å²) in [5.41, 5.74) is 0. The molecule has 82 valence electrons. The van der Waals surface area contributed by atoms with Gasteiger partial charge in [0.1, 0.15) is 0 Å². The Balaban J connectivity index is 2.06. The zero-order chi connectivity index (χ0) is 10.1. The fraction of sp³-hybridized carbons (Fsp3) is 1.00. The Hall–Kier alpha value is -0.0800. The zero-order valence-electron chi connectivity index (χ0n) is 9.45. The van der Waals surface area contributed by atoms with E-state index < -0.39 is 0 Å². The molecular formula is C12H23NO. The molecule has 1 heterocycles. The largest absolute Gasteiger partial charge is 0.391 e. The van der Waals surface area contributed by atoms with Crippen molar-refractivity contribution in [3.8, 4) is 0 Å². The summed E-state index contributed by atoms with van der Waals surface area (Å²) >= 11 is 0. The summed E-state index contributed by atoms with van der Waals surface area (Å²) in [5, 5.41) is 9.94. The summed E-state index contributed by atoms with van der Waals surface area (Å²) < 4.78 is 0. The van der Waals surface area contributed by atoms with E-state index in [9.17, 15) is 5.11 Å². The van der Waals surface area contributed by atoms with Crippen molar-refractivity contribution >= 4 is 0 Å². The van der Waals surface area contributed by atoms with Gasteiger partial charge in [-0.25, -0.2) is 0 Å². The lowest BCUT2D eigenvalue weighted by atomic mass is 10.1. The van der Waals surface area contributed by atoms with Gasteiger partial charge in [0.25, 0.3) is 0 Å². The van der Waals surface area contributed by atoms with Crippen LogP contribution in [-0.2, 0) is 0 Å². The van der Waals surface area contributed by atoms with E-state index in [1.165, 1.54) is 32.1 Å². The van der Waals surface area contributed by atoms with Crippen LogP contribution in [0.25, 0.3) is 0 Å². The van der Waals surface area contributed by atoms with Gasteiger partial charge in [-0.15, -0.1) is 0 Å². The highest BCUT2D eigenvalue weighted by atomic mass is 16.3. The molecule has 1 saturated carbocycles. The van der Waals surface area contributed by atoms with Crippen LogP contribution in [0.3, 0.4) is 0 Å². The lowest BCUT2D eigenvalue weighted by Crippen LogP contribution is -2.46. The Morgan fingerprint density at radius 1 is 1.21 bits per heavy atom. The highest BCUT2D eigenvalue weighted by molar-refractivity contribution is 4.94. The Labute approximate surface area is 87.3 Å². The number of likely N-dealkylation sites (tertiary alicyclic amines) is 1. The second kappa shape index (κ2) is 4.19. The third-order valence-electron chi connectivity index (χ3n) is 4.15. The summed E-state index contributed by atoms with van der Waals surface area (Å²) in [6, 6.07) is 1.90. The third-order valence-corrected chi connectivity index (χ3v) is 4.15. The zero-order valence-corrected chi connectivity index (χ0v) is 9.45. The van der Waals surface area contributed by atoms with Gasteiger partial charge in [0.05, 0.1) is 6.10 Å². The SMILES string of the molecule is CCC1CCC(C)N1[C@@H]1CCC[C@H]1O. The summed E-state index contributed by atoms with van der Waals surface area (Å²) in [6.07, 6.45) is 7.29. The third kappa shape index (κ3) is 1.70. The van der Waals surface area contributed by atoms with Gasteiger partial charge < -0.3 is 5.11 Å². The van der Waals surface area contributed by atoms with Gasteiger partial charge in [-0.2, -0.15) is 0 Å². The van der Waals surface area contributed by atoms with Crippen LogP contribution in [0.15, 0.2) is 0 Å². The van der Waals surface area contributed by atoms with Gasteiger partial charge in [0, 0.05) is 18.1 Å². The highest BCUT2D eigenvalue weighted by Gasteiger charge is 2.39. The van der Waals surface area contributed by atoms with Crippen LogP contribution in [0.1, 0.15) is 52.4 Å². The molecule has 0 radical (unpaired) electrons. The van der Waals surface area contributed by atoms with E-state index in [1.54, 1.807) is 0 Å². The minimum Gasteiger partial charge on any atom is -0.391 e. The quantitative estimate of drug-likeness (QED) is 0.733. The first-order valence-corrected chi connectivity index (χ1v) is 6.19. The number of hydrogen-bond acceptors (Lipinski definition) is 2. The van der Waals surface area contributed by atoms with Crippen LogP contribution in [0.5, 0.6) is 0 Å². The first-order chi connectivity index (χ1) is 6.74. The maximum absolute atomic E-state index is 9.94. The molecule has 2 fully saturated rings. The van der Waals surface area contributed by atoms with E-state index in [0.717, 1.165) is 12.5 Å². The van der Waals surface area contributed by atoms with E-state index in [2.05, 4.69) is 18.7 Å². The lowest BCUT2D eigenvalue weighted by Gasteiger charge is -2.35. The topological polar surface area (TPSA) is 23.5 Å². The summed E-state index contributed by atoms with van der Waals surface area (Å²) in [5.74, 6) is 0. The van der Waals surface area contributed by atoms with Crippen molar-refractivity contribution in [1.82, 2.24) is 4.90 Å². The van der Waals surface area contributed by atoms with Crippen LogP contribution in [-0.4, -0.2) is 34.2 Å². The number of nitrogens with zero attached hydrogens (tertiary/aromatic N) is 1. The summed E-state index contributed by atoms with van der Waals surface area (Å²) in [7, 11) is 0. The molecule has 4 atom stereocenters. The van der Waals surface area contributed by atoms with E-state index >= 15 is 0 Å². The monoisotopic (exact) mass is 197 g/mol. The van der Waals surface area contributed by atoms with Crippen molar-refractivity contribution < 1.29 is 5.11 Å². The molecule has 1 saturated heterocycles. The van der Waals surface area contributed by atoms with Crippen LogP contribution < -0.4 is 0 Å². The molecule has 1 aliphatic carbocycles. The minimum absolute atomic E-state index is 0.0513. The van der Waals surface area contributed by atoms with Crippen molar-refractivity contribution in [2.75, 3.05) is 0 Å². The van der Waals surface area contributed by atoms with Crippen molar-refractivity contribution in [1.29, 1.82) is 0 Å². The summed E-state index contributed by atoms with van der Waals surface area (Å²) in [6.45, 7) is 4.59. The maximum atomic E-state index is 9.94. The van der Waals surface area contributed by atoms with Gasteiger partial charge in [-0.3, -0.25) is 4.90 Å². The molecule has 0 amide bonds. The molecule has 2 aliphatic rings. The fourth-order valence-electron chi connectivity index (χ4n) is 3.37. The molecule has 0 aromatic heterocycles. The molecule has 2 unspecified atom stereocenters. The number of aliphatic hydroxyl groups excluding tert-OH is 1. The molecular weight excluding hydrogens is 174 g/mol. The highest BCUT2D eigenvalue weighted by Crippen LogP contribution is 2.34. The summed E-state index contributed by atoms with van der Waals surface area (Å²) in [4.78, 5) is 2.61. The van der Waals surface area contributed by atoms with Crippen LogP contribution in [0, 0.1) is 0 Å². The van der Waals surface area contributed by atoms with Crippen molar-refractivity contribution in [3.63, 3.8) is 0 Å². The van der Waals surface area contributed by atoms with Gasteiger partial charge >= 0.3 is 0 Å². The van der Waals surface area contributed by atoms with Gasteiger partial charge in [0.2, 0.25) is 0 Å². The van der Waals surface area contributed by atoms with Gasteiger partial charge in [0.15, 0.2) is 0 Å². The second-order valence-corrected chi connectivity index (χ2v) is 5.00. The first kappa shape index (κ1) is 10.4. The van der Waals surface area contributed by atoms with Crippen LogP contribution in [0.2, 0.25) is 0 Å². The Kier molecular flexibility index (Phi) is 3.13. The lowest BCUT2D eigenvalue weighted by molar-refractivity contribution is 0.0418. The predicted molar refractivity (Wildman–Crippen MR) is 58.3 cm³/mol. The predicted octanol–water partition coefficient (Wildman–Crippen LogP) is 2.16. The standard InChI is InChI=1S/C12H23NO/c1-3-10-8-7-9(2)13(10)11-5-4-6-12(11)14/h9-12,14H,3-8H2,1-2H3/t9?,10?,11-,12-/m1/s1. The van der Waals surface area contributed by atoms with E-state index in [1.807, 2.05) is 0 Å². The molecule has 0 aromatic carbocycles. The molecule has 0 spiro atoms. The van der Waals surface area contributed by atoms with E-state index in [-0.39, 0.29) is 6.10 Å². The molecule has 0 aromatic rings. The average molecular weight is 197 g/mol. The fourth-order valence-corrected chi connectivity index (χ4v) is 3.37. The number of rotatable bonds is 2. The van der Waals surface area contributed by atoms with Crippen LogP contribution >= 0.6 is 0 Å². The first-order valence-electron chi connectivity index (χ1n) is 6.19. The normalized spacial score (nSPS) is 44.8. The maximum Gasteiger partial charge on any atom is 0.0695 e. The van der Waals surface area contributed by atoms with Crippen molar-refractivity contribution in [3.05, 3.63) is 0 Å². The molecule has 1 aliphatic heterocycles. The minimum atomic E-state index is -0.0513. The average Bonchev–Trinajstić information content (AvgIpc) is 2.72. The van der Waals surface area contributed by atoms with E-state index in [0.29, 0.717) is 12.1 Å². The smallest absolute Gasteiger partial charge is 0.0695 e. The molecule has 2 nitrogen and oxygen atoms in total. The molecule has 2 heteroatoms. The van der Waals surface area contributed by atoms with Crippen molar-refractivity contribution in [2.24, 2.45) is 0 Å². The number of hydrogen-bond donors (Lipinski definition) is 1. The van der Waals surface area contributed by atoms with Crippen molar-refractivity contribution in [2.45, 2.75) is 76.6 Å². The van der Waals surface area contributed by atoms with Gasteiger partial charge in [-0.1, -0.05) is 6.92 Å². The molecule has 2 rings (SSSR count). The molecule has 0 bridgehead atoms. The number of aliphatic hydroxyl groups is 1. The molecule has 14 heavy (non-hydrogen) atoms. The molecule has 1 N–H and O–H groups in total. The van der Waals surface area contributed by atoms with E-state index in [4.69, 9.17) is 0 Å².